The molecule has 0 amide bonds. The molecular weight excluding hydrogens is 364 g/mol. The van der Waals surface area contributed by atoms with Crippen LogP contribution in [0.3, 0.4) is 0 Å². The highest BCUT2D eigenvalue weighted by atomic mass is 32.2. The zero-order valence-electron chi connectivity index (χ0n) is 13.9. The molecule has 0 atom stereocenters. The summed E-state index contributed by atoms with van der Waals surface area (Å²) in [4.78, 5) is 15.6. The molecule has 5 aromatic rings. The van der Waals surface area contributed by atoms with Crippen LogP contribution in [0, 0.1) is 0 Å². The summed E-state index contributed by atoms with van der Waals surface area (Å²) in [6.45, 7) is 0. The number of aromatic nitrogens is 6. The molecule has 0 aliphatic carbocycles. The van der Waals surface area contributed by atoms with Crippen LogP contribution in [0.2, 0.25) is 0 Å². The summed E-state index contributed by atoms with van der Waals surface area (Å²) < 4.78 is 7.02. The second kappa shape index (κ2) is 6.36. The van der Waals surface area contributed by atoms with Crippen molar-refractivity contribution >= 4 is 33.6 Å². The number of hydrogen-bond acceptors (Lipinski definition) is 7. The van der Waals surface area contributed by atoms with Crippen LogP contribution in [0.15, 0.2) is 69.2 Å². The molecular formula is C18H12N6O2S. The van der Waals surface area contributed by atoms with Gasteiger partial charge in [-0.15, -0.1) is 15.3 Å². The second-order valence-electron chi connectivity index (χ2n) is 5.81. The van der Waals surface area contributed by atoms with Crippen molar-refractivity contribution in [2.75, 3.05) is 0 Å². The number of thioether (sulfide) groups is 1. The highest BCUT2D eigenvalue weighted by Crippen LogP contribution is 2.29. The maximum atomic E-state index is 12.5. The Morgan fingerprint density at radius 3 is 2.74 bits per heavy atom. The first kappa shape index (κ1) is 15.8. The third-order valence-electron chi connectivity index (χ3n) is 4.17. The minimum absolute atomic E-state index is 0.204. The van der Waals surface area contributed by atoms with E-state index in [9.17, 15) is 4.79 Å². The van der Waals surface area contributed by atoms with Crippen molar-refractivity contribution in [2.45, 2.75) is 11.1 Å². The zero-order chi connectivity index (χ0) is 18.2. The number of H-pyrrole nitrogens is 1. The van der Waals surface area contributed by atoms with Gasteiger partial charge in [0.05, 0.1) is 10.9 Å². The van der Waals surface area contributed by atoms with E-state index in [-0.39, 0.29) is 11.4 Å². The summed E-state index contributed by atoms with van der Waals surface area (Å²) in [6.07, 6.45) is 1.84. The van der Waals surface area contributed by atoms with Crippen LogP contribution in [0.25, 0.3) is 33.3 Å². The maximum absolute atomic E-state index is 12.5. The first-order valence-electron chi connectivity index (χ1n) is 8.15. The Morgan fingerprint density at radius 1 is 1.00 bits per heavy atom. The lowest BCUT2D eigenvalue weighted by Gasteiger charge is -2.02. The topological polar surface area (TPSA) is 102 Å². The molecule has 132 valence electrons. The summed E-state index contributed by atoms with van der Waals surface area (Å²) in [5.41, 5.74) is 2.21. The number of rotatable bonds is 4. The van der Waals surface area contributed by atoms with Crippen molar-refractivity contribution in [3.8, 4) is 11.5 Å². The molecule has 5 rings (SSSR count). The van der Waals surface area contributed by atoms with E-state index in [2.05, 4.69) is 25.5 Å². The number of nitrogens with one attached hydrogen (secondary N) is 1. The molecule has 3 heterocycles. The van der Waals surface area contributed by atoms with Crippen molar-refractivity contribution in [3.63, 3.8) is 0 Å². The van der Waals surface area contributed by atoms with Gasteiger partial charge in [-0.1, -0.05) is 35.5 Å². The summed E-state index contributed by atoms with van der Waals surface area (Å²) in [6, 6.07) is 15.0. The Hall–Kier alpha value is -3.46. The van der Waals surface area contributed by atoms with Crippen LogP contribution in [-0.4, -0.2) is 30.2 Å². The molecule has 1 N–H and O–H groups in total. The number of hydrogen-bond donors (Lipinski definition) is 1. The lowest BCUT2D eigenvalue weighted by molar-refractivity contribution is 0.464. The van der Waals surface area contributed by atoms with Gasteiger partial charge in [-0.25, -0.2) is 0 Å². The summed E-state index contributed by atoms with van der Waals surface area (Å²) >= 11 is 1.23. The average molecular weight is 376 g/mol. The van der Waals surface area contributed by atoms with Gasteiger partial charge in [0.2, 0.25) is 0 Å². The number of nitrogens with zero attached hydrogens (tertiary/aromatic N) is 5. The van der Waals surface area contributed by atoms with Gasteiger partial charge >= 0.3 is 0 Å². The molecule has 0 unspecified atom stereocenters. The van der Waals surface area contributed by atoms with Crippen LogP contribution in [-0.2, 0) is 5.88 Å². The summed E-state index contributed by atoms with van der Waals surface area (Å²) in [5, 5.41) is 18.1. The van der Waals surface area contributed by atoms with Gasteiger partial charge < -0.3 is 9.40 Å². The van der Waals surface area contributed by atoms with E-state index in [0.717, 1.165) is 16.5 Å². The van der Waals surface area contributed by atoms with E-state index in [4.69, 9.17) is 4.42 Å². The average Bonchev–Trinajstić information content (AvgIpc) is 3.34. The first-order chi connectivity index (χ1) is 13.3. The van der Waals surface area contributed by atoms with Crippen molar-refractivity contribution in [1.82, 2.24) is 30.2 Å². The highest BCUT2D eigenvalue weighted by Gasteiger charge is 2.14. The summed E-state index contributed by atoms with van der Waals surface area (Å²) in [5.74, 6) is 0.651. The molecule has 0 saturated heterocycles. The predicted octanol–water partition coefficient (Wildman–Crippen LogP) is 3.07. The Kier molecular flexibility index (Phi) is 3.72. The van der Waals surface area contributed by atoms with Crippen molar-refractivity contribution < 1.29 is 4.42 Å². The van der Waals surface area contributed by atoms with Crippen LogP contribution in [0.5, 0.6) is 0 Å². The molecule has 3 aromatic heterocycles. The molecule has 0 aliphatic heterocycles. The normalized spacial score (nSPS) is 11.4. The van der Waals surface area contributed by atoms with E-state index < -0.39 is 0 Å². The monoisotopic (exact) mass is 376 g/mol. The fourth-order valence-corrected chi connectivity index (χ4v) is 3.49. The lowest BCUT2D eigenvalue weighted by atomic mass is 10.2. The smallest absolute Gasteiger partial charge is 0.278 e. The van der Waals surface area contributed by atoms with Gasteiger partial charge in [0, 0.05) is 17.1 Å². The minimum atomic E-state index is -0.204. The van der Waals surface area contributed by atoms with Gasteiger partial charge in [-0.3, -0.25) is 4.79 Å². The van der Waals surface area contributed by atoms with Crippen LogP contribution < -0.4 is 5.56 Å². The quantitative estimate of drug-likeness (QED) is 0.481. The standard InChI is InChI=1S/C18H12N6O2S/c25-17-12-6-2-4-8-15(12)20-23-24(17)10-27-18-22-21-16(26-18)13-9-19-14-7-3-1-5-11(13)14/h1-9,19H,10H2. The van der Waals surface area contributed by atoms with Crippen molar-refractivity contribution in [1.29, 1.82) is 0 Å². The van der Waals surface area contributed by atoms with Gasteiger partial charge in [-0.2, -0.15) is 4.68 Å². The molecule has 0 saturated carbocycles. The van der Waals surface area contributed by atoms with Crippen LogP contribution in [0.1, 0.15) is 0 Å². The van der Waals surface area contributed by atoms with Gasteiger partial charge in [0.25, 0.3) is 16.7 Å². The number of aromatic amines is 1. The second-order valence-corrected chi connectivity index (χ2v) is 6.70. The summed E-state index contributed by atoms with van der Waals surface area (Å²) in [7, 11) is 0. The van der Waals surface area contributed by atoms with Gasteiger partial charge in [-0.05, 0) is 30.0 Å². The van der Waals surface area contributed by atoms with E-state index in [0.29, 0.717) is 22.0 Å². The maximum Gasteiger partial charge on any atom is 0.278 e. The Labute approximate surface area is 156 Å². The van der Waals surface area contributed by atoms with Crippen LogP contribution >= 0.6 is 11.8 Å². The van der Waals surface area contributed by atoms with Crippen molar-refractivity contribution in [2.24, 2.45) is 0 Å². The highest BCUT2D eigenvalue weighted by molar-refractivity contribution is 7.98. The van der Waals surface area contributed by atoms with Gasteiger partial charge in [0.1, 0.15) is 11.4 Å². The Balaban J connectivity index is 1.40. The molecule has 8 nitrogen and oxygen atoms in total. The SMILES string of the molecule is O=c1c2ccccc2nnn1CSc1nnc(-c2c[nH]c3ccccc23)o1. The molecule has 0 bridgehead atoms. The lowest BCUT2D eigenvalue weighted by Crippen LogP contribution is -2.23. The third kappa shape index (κ3) is 2.77. The fraction of sp³-hybridized carbons (Fsp3) is 0.0556. The molecule has 27 heavy (non-hydrogen) atoms. The molecule has 0 radical (unpaired) electrons. The van der Waals surface area contributed by atoms with E-state index in [1.165, 1.54) is 16.4 Å². The first-order valence-corrected chi connectivity index (χ1v) is 9.13. The number of para-hydroxylation sites is 1. The van der Waals surface area contributed by atoms with E-state index >= 15 is 0 Å². The zero-order valence-corrected chi connectivity index (χ0v) is 14.7. The number of benzene rings is 2. The molecule has 2 aromatic carbocycles. The Bertz CT molecular complexity index is 1320. The van der Waals surface area contributed by atoms with E-state index in [1.807, 2.05) is 36.5 Å². The molecule has 0 fully saturated rings. The largest absolute Gasteiger partial charge is 0.411 e. The minimum Gasteiger partial charge on any atom is -0.411 e. The Morgan fingerprint density at radius 2 is 1.81 bits per heavy atom. The van der Waals surface area contributed by atoms with Gasteiger partial charge in [0.15, 0.2) is 0 Å². The van der Waals surface area contributed by atoms with E-state index in [1.54, 1.807) is 18.2 Å². The number of fused-ring (bicyclic) bond motifs is 2. The predicted molar refractivity (Wildman–Crippen MR) is 101 cm³/mol. The van der Waals surface area contributed by atoms with Crippen LogP contribution in [0.4, 0.5) is 0 Å². The fourth-order valence-electron chi connectivity index (χ4n) is 2.85. The van der Waals surface area contributed by atoms with Crippen molar-refractivity contribution in [3.05, 3.63) is 65.1 Å². The molecule has 9 heteroatoms. The molecule has 0 aliphatic rings. The molecule has 0 spiro atoms. The third-order valence-corrected chi connectivity index (χ3v) is 4.95.